The van der Waals surface area contributed by atoms with E-state index in [4.69, 9.17) is 0 Å². The Morgan fingerprint density at radius 2 is 1.37 bits per heavy atom. The molecule has 2 saturated heterocycles. The fraction of sp³-hybridized carbons (Fsp3) is 0.238. The number of imide groups is 1. The maximum Gasteiger partial charge on any atom is 0.245 e. The molecule has 3 aliphatic rings. The van der Waals surface area contributed by atoms with Gasteiger partial charge in [-0.1, -0.05) is 42.5 Å². The summed E-state index contributed by atoms with van der Waals surface area (Å²) < 4.78 is 0. The molecule has 0 aromatic heterocycles. The molecular weight excluding hydrogens is 344 g/mol. The monoisotopic (exact) mass is 361 g/mol. The number of ketones is 2. The van der Waals surface area contributed by atoms with Gasteiger partial charge in [0.15, 0.2) is 0 Å². The molecule has 2 aromatic rings. The van der Waals surface area contributed by atoms with Crippen LogP contribution in [0, 0.1) is 11.8 Å². The number of nitrogens with two attached hydrogens (primary N) is 1. The summed E-state index contributed by atoms with van der Waals surface area (Å²) >= 11 is 0. The Balaban J connectivity index is 1.67. The maximum atomic E-state index is 13.3. The summed E-state index contributed by atoms with van der Waals surface area (Å²) in [5.41, 5.74) is -0.418. The van der Waals surface area contributed by atoms with E-state index in [1.807, 2.05) is 0 Å². The Hall–Kier alpha value is -3.12. The minimum absolute atomic E-state index is 0.338. The molecule has 2 aromatic carbocycles. The number of hydrogen-bond donors (Lipinski definition) is 1. The van der Waals surface area contributed by atoms with E-state index in [1.54, 1.807) is 66.8 Å². The minimum Gasteiger partial charge on any atom is -0.325 e. The van der Waals surface area contributed by atoms with Crippen LogP contribution in [-0.2, 0) is 9.59 Å². The van der Waals surface area contributed by atoms with E-state index in [2.05, 4.69) is 0 Å². The quantitative estimate of drug-likeness (QED) is 0.594. The molecule has 0 bridgehead atoms. The lowest BCUT2D eigenvalue weighted by molar-refractivity contribution is -0.707. The Morgan fingerprint density at radius 1 is 0.815 bits per heavy atom. The number of amides is 2. The number of fused-ring (bicyclic) bond motifs is 3. The van der Waals surface area contributed by atoms with E-state index in [0.717, 1.165) is 4.90 Å². The Kier molecular flexibility index (Phi) is 3.10. The predicted molar refractivity (Wildman–Crippen MR) is 95.1 cm³/mol. The minimum atomic E-state index is -1.57. The molecule has 1 aliphatic carbocycles. The first kappa shape index (κ1) is 16.1. The van der Waals surface area contributed by atoms with Gasteiger partial charge in [0.2, 0.25) is 28.9 Å². The van der Waals surface area contributed by atoms with Crippen molar-refractivity contribution in [2.24, 2.45) is 11.8 Å². The molecule has 1 spiro atoms. The van der Waals surface area contributed by atoms with Crippen LogP contribution in [-0.4, -0.2) is 35.0 Å². The largest absolute Gasteiger partial charge is 0.325 e. The maximum absolute atomic E-state index is 13.3. The van der Waals surface area contributed by atoms with Gasteiger partial charge in [-0.25, -0.2) is 4.90 Å². The fourth-order valence-corrected chi connectivity index (χ4v) is 5.01. The van der Waals surface area contributed by atoms with Crippen molar-refractivity contribution in [1.29, 1.82) is 0 Å². The van der Waals surface area contributed by atoms with E-state index in [1.165, 1.54) is 0 Å². The van der Waals surface area contributed by atoms with Crippen molar-refractivity contribution in [3.63, 3.8) is 0 Å². The molecule has 0 saturated carbocycles. The van der Waals surface area contributed by atoms with Gasteiger partial charge in [-0.2, -0.15) is 0 Å². The van der Waals surface area contributed by atoms with Gasteiger partial charge < -0.3 is 5.32 Å². The molecule has 134 valence electrons. The number of carbonyl (C=O) groups excluding carboxylic acids is 4. The van der Waals surface area contributed by atoms with Gasteiger partial charge >= 0.3 is 0 Å². The molecule has 6 nitrogen and oxygen atoms in total. The summed E-state index contributed by atoms with van der Waals surface area (Å²) in [6.45, 7) is 1.80. The highest BCUT2D eigenvalue weighted by molar-refractivity contribution is 6.36. The first-order valence-electron chi connectivity index (χ1n) is 8.96. The summed E-state index contributed by atoms with van der Waals surface area (Å²) in [6, 6.07) is 15.0. The van der Waals surface area contributed by atoms with Crippen molar-refractivity contribution in [2.75, 3.05) is 4.90 Å². The lowest BCUT2D eigenvalue weighted by Crippen LogP contribution is -3.01. The average Bonchev–Trinajstić information content (AvgIpc) is 3.22. The van der Waals surface area contributed by atoms with Crippen LogP contribution in [0.5, 0.6) is 0 Å². The third kappa shape index (κ3) is 1.78. The number of nitrogens with zero attached hydrogens (tertiary/aromatic N) is 1. The molecule has 2 fully saturated rings. The third-order valence-electron chi connectivity index (χ3n) is 6.12. The second-order valence-corrected chi connectivity index (χ2v) is 7.45. The van der Waals surface area contributed by atoms with Crippen molar-refractivity contribution in [3.8, 4) is 0 Å². The number of quaternary nitrogens is 1. The van der Waals surface area contributed by atoms with E-state index in [0.29, 0.717) is 16.8 Å². The van der Waals surface area contributed by atoms with Crippen LogP contribution in [0.2, 0.25) is 0 Å². The first-order valence-corrected chi connectivity index (χ1v) is 8.96. The second-order valence-electron chi connectivity index (χ2n) is 7.45. The molecule has 2 N–H and O–H groups in total. The summed E-state index contributed by atoms with van der Waals surface area (Å²) in [7, 11) is 0. The van der Waals surface area contributed by atoms with Gasteiger partial charge in [0, 0.05) is 11.1 Å². The number of benzene rings is 2. The number of hydrogen-bond acceptors (Lipinski definition) is 4. The highest BCUT2D eigenvalue weighted by Crippen LogP contribution is 2.45. The number of anilines is 1. The topological polar surface area (TPSA) is 88.1 Å². The summed E-state index contributed by atoms with van der Waals surface area (Å²) in [5.74, 6) is -3.20. The molecular formula is C21H17N2O4+. The van der Waals surface area contributed by atoms with Crippen LogP contribution < -0.4 is 10.2 Å². The molecule has 3 atom stereocenters. The van der Waals surface area contributed by atoms with Crippen LogP contribution >= 0.6 is 0 Å². The van der Waals surface area contributed by atoms with E-state index in [-0.39, 0.29) is 23.5 Å². The zero-order valence-electron chi connectivity index (χ0n) is 14.6. The number of carbonyl (C=O) groups is 4. The summed E-state index contributed by atoms with van der Waals surface area (Å²) in [5, 5.41) is 1.64. The molecule has 0 unspecified atom stereocenters. The first-order chi connectivity index (χ1) is 13.0. The van der Waals surface area contributed by atoms with E-state index in [9.17, 15) is 19.2 Å². The van der Waals surface area contributed by atoms with E-state index >= 15 is 0 Å². The van der Waals surface area contributed by atoms with Crippen molar-refractivity contribution < 1.29 is 24.5 Å². The standard InChI is InChI=1S/C21H16N2O4/c1-11-15-16(20(27)23(19(15)26)12-7-3-2-4-8-12)21(22-11)17(24)13-9-5-6-10-14(13)18(21)25/h2-11,15-16,22H,1H3/p+1/t11-,15-,16-/m0/s1. The lowest BCUT2D eigenvalue weighted by atomic mass is 9.77. The van der Waals surface area contributed by atoms with Gasteiger partial charge in [-0.3, -0.25) is 19.2 Å². The van der Waals surface area contributed by atoms with Crippen LogP contribution in [0.25, 0.3) is 0 Å². The Labute approximate surface area is 155 Å². The van der Waals surface area contributed by atoms with Crippen molar-refractivity contribution in [1.82, 2.24) is 0 Å². The zero-order valence-corrected chi connectivity index (χ0v) is 14.6. The molecule has 2 heterocycles. The van der Waals surface area contributed by atoms with Crippen LogP contribution in [0.3, 0.4) is 0 Å². The predicted octanol–water partition coefficient (Wildman–Crippen LogP) is 0.576. The smallest absolute Gasteiger partial charge is 0.245 e. The molecule has 6 heteroatoms. The average molecular weight is 361 g/mol. The summed E-state index contributed by atoms with van der Waals surface area (Å²) in [4.78, 5) is 54.1. The number of para-hydroxylation sites is 1. The third-order valence-corrected chi connectivity index (χ3v) is 6.12. The molecule has 2 amide bonds. The van der Waals surface area contributed by atoms with Gasteiger partial charge in [0.05, 0.1) is 11.7 Å². The molecule has 27 heavy (non-hydrogen) atoms. The molecule has 5 rings (SSSR count). The van der Waals surface area contributed by atoms with Gasteiger partial charge in [-0.15, -0.1) is 0 Å². The second kappa shape index (κ2) is 5.20. The summed E-state index contributed by atoms with van der Waals surface area (Å²) in [6.07, 6.45) is 0. The highest BCUT2D eigenvalue weighted by atomic mass is 16.2. The highest BCUT2D eigenvalue weighted by Gasteiger charge is 2.76. The van der Waals surface area contributed by atoms with Crippen LogP contribution in [0.1, 0.15) is 27.6 Å². The number of Topliss-reactive ketones (excluding diaryl/α,β-unsaturated/α-hetero) is 2. The van der Waals surface area contributed by atoms with Crippen LogP contribution in [0.15, 0.2) is 54.6 Å². The molecule has 0 radical (unpaired) electrons. The van der Waals surface area contributed by atoms with Crippen LogP contribution in [0.4, 0.5) is 5.69 Å². The van der Waals surface area contributed by atoms with Gasteiger partial charge in [0.1, 0.15) is 11.8 Å². The Morgan fingerprint density at radius 3 is 1.96 bits per heavy atom. The van der Waals surface area contributed by atoms with E-state index < -0.39 is 23.3 Å². The number of rotatable bonds is 1. The lowest BCUT2D eigenvalue weighted by Gasteiger charge is -2.24. The Bertz CT molecular complexity index is 994. The van der Waals surface area contributed by atoms with Gasteiger partial charge in [-0.05, 0) is 19.1 Å². The van der Waals surface area contributed by atoms with Crippen molar-refractivity contribution in [3.05, 3.63) is 65.7 Å². The molecule has 2 aliphatic heterocycles. The fourth-order valence-electron chi connectivity index (χ4n) is 5.01. The zero-order chi connectivity index (χ0) is 18.9. The van der Waals surface area contributed by atoms with Gasteiger partial charge in [0.25, 0.3) is 0 Å². The SMILES string of the molecule is C[C@@H]1[NH2+]C2(C(=O)c3ccccc3C2=O)[C@@H]2C(=O)N(c3ccccc3)C(=O)[C@@H]12. The normalized spacial score (nSPS) is 28.2. The van der Waals surface area contributed by atoms with Crippen molar-refractivity contribution >= 4 is 29.1 Å². The van der Waals surface area contributed by atoms with Crippen molar-refractivity contribution in [2.45, 2.75) is 18.5 Å².